The molecule has 2 amide bonds. The number of hydrogen-bond acceptors (Lipinski definition) is 4. The van der Waals surface area contributed by atoms with Gasteiger partial charge in [0.25, 0.3) is 5.91 Å². The molecule has 1 aromatic rings. The maximum absolute atomic E-state index is 12.8. The van der Waals surface area contributed by atoms with E-state index in [2.05, 4.69) is 0 Å². The lowest BCUT2D eigenvalue weighted by molar-refractivity contribution is -0.00496. The van der Waals surface area contributed by atoms with Crippen molar-refractivity contribution in [3.05, 3.63) is 21.9 Å². The first-order valence-electron chi connectivity index (χ1n) is 9.50. The van der Waals surface area contributed by atoms with Gasteiger partial charge < -0.3 is 14.5 Å². The lowest BCUT2D eigenvalue weighted by Gasteiger charge is -2.47. The number of thiophene rings is 1. The van der Waals surface area contributed by atoms with Crippen LogP contribution in [0.3, 0.4) is 0 Å². The van der Waals surface area contributed by atoms with Crippen molar-refractivity contribution in [2.45, 2.75) is 59.0 Å². The van der Waals surface area contributed by atoms with Crippen LogP contribution in [-0.2, 0) is 4.74 Å². The maximum atomic E-state index is 12.8. The first-order valence-corrected chi connectivity index (χ1v) is 10.4. The number of rotatable bonds is 1. The van der Waals surface area contributed by atoms with Gasteiger partial charge in [-0.1, -0.05) is 0 Å². The zero-order chi connectivity index (χ0) is 18.9. The summed E-state index contributed by atoms with van der Waals surface area (Å²) in [6.45, 7) is 10.8. The molecular weight excluding hydrogens is 348 g/mol. The summed E-state index contributed by atoms with van der Waals surface area (Å²) in [5.74, 6) is 0.156. The van der Waals surface area contributed by atoms with E-state index in [0.29, 0.717) is 13.1 Å². The molecule has 0 radical (unpaired) electrons. The summed E-state index contributed by atoms with van der Waals surface area (Å²) < 4.78 is 5.50. The molecule has 2 saturated heterocycles. The summed E-state index contributed by atoms with van der Waals surface area (Å²) in [6, 6.07) is 1.99. The van der Waals surface area contributed by atoms with Crippen molar-refractivity contribution in [2.24, 2.45) is 5.41 Å². The van der Waals surface area contributed by atoms with Crippen molar-refractivity contribution in [1.82, 2.24) is 9.80 Å². The Kier molecular flexibility index (Phi) is 5.33. The average molecular weight is 379 g/mol. The molecule has 0 saturated carbocycles. The quantitative estimate of drug-likeness (QED) is 0.732. The predicted molar refractivity (Wildman–Crippen MR) is 104 cm³/mol. The fraction of sp³-hybridized carbons (Fsp3) is 0.700. The third kappa shape index (κ3) is 4.40. The van der Waals surface area contributed by atoms with Crippen LogP contribution in [0.5, 0.6) is 0 Å². The van der Waals surface area contributed by atoms with Gasteiger partial charge in [-0.2, -0.15) is 0 Å². The van der Waals surface area contributed by atoms with E-state index < -0.39 is 5.60 Å². The Balaban J connectivity index is 1.60. The van der Waals surface area contributed by atoms with E-state index in [1.54, 1.807) is 11.3 Å². The Morgan fingerprint density at radius 1 is 1.12 bits per heavy atom. The number of carbonyl (C=O) groups excluding carboxylic acids is 2. The fourth-order valence-corrected chi connectivity index (χ4v) is 4.69. The van der Waals surface area contributed by atoms with Crippen LogP contribution in [0.4, 0.5) is 4.79 Å². The van der Waals surface area contributed by atoms with Gasteiger partial charge in [-0.3, -0.25) is 4.79 Å². The van der Waals surface area contributed by atoms with E-state index in [-0.39, 0.29) is 17.4 Å². The van der Waals surface area contributed by atoms with Gasteiger partial charge in [0, 0.05) is 36.4 Å². The minimum atomic E-state index is -0.459. The molecule has 2 fully saturated rings. The van der Waals surface area contributed by atoms with Crippen LogP contribution in [-0.4, -0.2) is 53.6 Å². The molecule has 6 heteroatoms. The number of carbonyl (C=O) groups is 2. The Labute approximate surface area is 160 Å². The number of piperidine rings is 2. The van der Waals surface area contributed by atoms with Gasteiger partial charge in [0.15, 0.2) is 0 Å². The average Bonchev–Trinajstić information content (AvgIpc) is 3.00. The van der Waals surface area contributed by atoms with Crippen molar-refractivity contribution >= 4 is 23.3 Å². The van der Waals surface area contributed by atoms with Crippen molar-refractivity contribution < 1.29 is 14.3 Å². The van der Waals surface area contributed by atoms with Gasteiger partial charge in [-0.05, 0) is 64.9 Å². The van der Waals surface area contributed by atoms with E-state index in [1.807, 2.05) is 48.9 Å². The number of hydrogen-bond donors (Lipinski definition) is 0. The second kappa shape index (κ2) is 7.22. The number of aryl methyl sites for hydroxylation is 1. The molecule has 2 aliphatic rings. The van der Waals surface area contributed by atoms with E-state index in [1.165, 1.54) is 4.88 Å². The molecule has 3 heterocycles. The zero-order valence-corrected chi connectivity index (χ0v) is 17.2. The van der Waals surface area contributed by atoms with Gasteiger partial charge in [-0.25, -0.2) is 4.79 Å². The van der Waals surface area contributed by atoms with Crippen LogP contribution < -0.4 is 0 Å². The first-order chi connectivity index (χ1) is 12.2. The molecule has 0 N–H and O–H groups in total. The molecule has 26 heavy (non-hydrogen) atoms. The number of amides is 2. The summed E-state index contributed by atoms with van der Waals surface area (Å²) in [6.07, 6.45) is 3.85. The third-order valence-corrected chi connectivity index (χ3v) is 6.26. The summed E-state index contributed by atoms with van der Waals surface area (Å²) in [4.78, 5) is 30.1. The summed E-state index contributed by atoms with van der Waals surface area (Å²) >= 11 is 1.63. The van der Waals surface area contributed by atoms with Crippen LogP contribution in [0.25, 0.3) is 0 Å². The molecule has 2 aliphatic heterocycles. The van der Waals surface area contributed by atoms with Crippen LogP contribution in [0.15, 0.2) is 11.4 Å². The minimum absolute atomic E-state index is 0.150. The van der Waals surface area contributed by atoms with E-state index in [4.69, 9.17) is 4.74 Å². The SMILES string of the molecule is Cc1cc(C(=O)N2CCCC3(CCN(C(=O)OC(C)(C)C)CC3)C2)cs1. The topological polar surface area (TPSA) is 49.9 Å². The van der Waals surface area contributed by atoms with E-state index >= 15 is 0 Å². The summed E-state index contributed by atoms with van der Waals surface area (Å²) in [5, 5.41) is 1.96. The Bertz CT molecular complexity index is 669. The Hall–Kier alpha value is -1.56. The second-order valence-corrected chi connectivity index (χ2v) is 9.86. The highest BCUT2D eigenvalue weighted by molar-refractivity contribution is 7.10. The first kappa shape index (κ1) is 19.2. The maximum Gasteiger partial charge on any atom is 0.410 e. The highest BCUT2D eigenvalue weighted by Crippen LogP contribution is 2.40. The Morgan fingerprint density at radius 2 is 1.81 bits per heavy atom. The third-order valence-electron chi connectivity index (χ3n) is 5.40. The molecule has 5 nitrogen and oxygen atoms in total. The van der Waals surface area contributed by atoms with Crippen molar-refractivity contribution in [2.75, 3.05) is 26.2 Å². The zero-order valence-electron chi connectivity index (χ0n) is 16.3. The van der Waals surface area contributed by atoms with Crippen molar-refractivity contribution in [1.29, 1.82) is 0 Å². The number of nitrogens with zero attached hydrogens (tertiary/aromatic N) is 2. The van der Waals surface area contributed by atoms with Crippen molar-refractivity contribution in [3.8, 4) is 0 Å². The largest absolute Gasteiger partial charge is 0.444 e. The van der Waals surface area contributed by atoms with Crippen LogP contribution >= 0.6 is 11.3 Å². The van der Waals surface area contributed by atoms with Crippen LogP contribution in [0, 0.1) is 12.3 Å². The van der Waals surface area contributed by atoms with Gasteiger partial charge in [0.05, 0.1) is 5.56 Å². The smallest absolute Gasteiger partial charge is 0.410 e. The fourth-order valence-electron chi connectivity index (χ4n) is 4.02. The van der Waals surface area contributed by atoms with Crippen LogP contribution in [0.1, 0.15) is 61.7 Å². The van der Waals surface area contributed by atoms with Crippen molar-refractivity contribution in [3.63, 3.8) is 0 Å². The molecule has 3 rings (SSSR count). The molecular formula is C20H30N2O3S. The van der Waals surface area contributed by atoms with E-state index in [0.717, 1.165) is 44.3 Å². The molecule has 1 aromatic heterocycles. The highest BCUT2D eigenvalue weighted by atomic mass is 32.1. The minimum Gasteiger partial charge on any atom is -0.444 e. The Morgan fingerprint density at radius 3 is 2.38 bits per heavy atom. The van der Waals surface area contributed by atoms with E-state index in [9.17, 15) is 9.59 Å². The van der Waals surface area contributed by atoms with Gasteiger partial charge in [0.1, 0.15) is 5.60 Å². The monoisotopic (exact) mass is 378 g/mol. The highest BCUT2D eigenvalue weighted by Gasteiger charge is 2.41. The standard InChI is InChI=1S/C20H30N2O3S/c1-15-12-16(13-26-15)17(23)22-9-5-6-20(14-22)7-10-21(11-8-20)18(24)25-19(2,3)4/h12-13H,5-11,14H2,1-4H3. The summed E-state index contributed by atoms with van der Waals surface area (Å²) in [5.41, 5.74) is 0.506. The molecule has 0 aliphatic carbocycles. The molecule has 144 valence electrons. The normalized spacial score (nSPS) is 20.3. The lowest BCUT2D eigenvalue weighted by Crippen LogP contribution is -2.52. The molecule has 0 aromatic carbocycles. The van der Waals surface area contributed by atoms with Crippen LogP contribution in [0.2, 0.25) is 0 Å². The molecule has 1 spiro atoms. The lowest BCUT2D eigenvalue weighted by atomic mass is 9.72. The molecule has 0 unspecified atom stereocenters. The molecule has 0 bridgehead atoms. The predicted octanol–water partition coefficient (Wildman–Crippen LogP) is 4.31. The summed E-state index contributed by atoms with van der Waals surface area (Å²) in [7, 11) is 0. The molecule has 0 atom stereocenters. The van der Waals surface area contributed by atoms with Gasteiger partial charge in [-0.15, -0.1) is 11.3 Å². The van der Waals surface area contributed by atoms with Gasteiger partial charge in [0.2, 0.25) is 0 Å². The number of ether oxygens (including phenoxy) is 1. The number of likely N-dealkylation sites (tertiary alicyclic amines) is 2. The second-order valence-electron chi connectivity index (χ2n) is 8.74. The van der Waals surface area contributed by atoms with Gasteiger partial charge >= 0.3 is 6.09 Å².